The number of aromatic nitrogens is 3. The molecule has 3 heterocycles. The van der Waals surface area contributed by atoms with E-state index in [9.17, 15) is 4.79 Å². The molecule has 0 bridgehead atoms. The topological polar surface area (TPSA) is 60.2 Å². The predicted octanol–water partition coefficient (Wildman–Crippen LogP) is 3.37. The molecule has 6 nitrogen and oxygen atoms in total. The number of pyridine rings is 1. The average molecular weight is 411 g/mol. The van der Waals surface area contributed by atoms with E-state index in [0.29, 0.717) is 18.2 Å². The maximum absolute atomic E-state index is 12.7. The van der Waals surface area contributed by atoms with Gasteiger partial charge in [0.25, 0.3) is 5.56 Å². The molecule has 1 aliphatic heterocycles. The zero-order chi connectivity index (χ0) is 19.1. The third-order valence-electron chi connectivity index (χ3n) is 5.61. The Hall–Kier alpha value is -2.70. The first-order chi connectivity index (χ1) is 13.6. The third kappa shape index (κ3) is 3.78. The van der Waals surface area contributed by atoms with Crippen molar-refractivity contribution < 1.29 is 4.74 Å². The number of morpholine rings is 1. The lowest BCUT2D eigenvalue weighted by molar-refractivity contribution is -0.0459. The minimum atomic E-state index is -0.122. The first kappa shape index (κ1) is 19.6. The van der Waals surface area contributed by atoms with Gasteiger partial charge in [0.05, 0.1) is 17.8 Å². The highest BCUT2D eigenvalue weighted by Crippen LogP contribution is 2.47. The first-order valence-electron chi connectivity index (χ1n) is 9.60. The molecule has 7 heteroatoms. The second kappa shape index (κ2) is 7.61. The van der Waals surface area contributed by atoms with Crippen LogP contribution < -0.4 is 10.5 Å². The van der Waals surface area contributed by atoms with Gasteiger partial charge in [-0.1, -0.05) is 30.3 Å². The number of hydrogen-bond donors (Lipinski definition) is 0. The zero-order valence-electron chi connectivity index (χ0n) is 16.2. The highest BCUT2D eigenvalue weighted by Gasteiger charge is 2.51. The molecule has 0 radical (unpaired) electrons. The lowest BCUT2D eigenvalue weighted by Gasteiger charge is -2.39. The Bertz CT molecular complexity index is 1050. The summed E-state index contributed by atoms with van der Waals surface area (Å²) in [5.74, 6) is 0.690. The molecule has 1 saturated carbocycles. The molecule has 3 aromatic rings. The molecule has 1 aliphatic carbocycles. The summed E-state index contributed by atoms with van der Waals surface area (Å²) in [6.07, 6.45) is 5.50. The third-order valence-corrected chi connectivity index (χ3v) is 5.61. The summed E-state index contributed by atoms with van der Waals surface area (Å²) in [7, 11) is 1.79. The minimum absolute atomic E-state index is 0. The van der Waals surface area contributed by atoms with Gasteiger partial charge < -0.3 is 9.64 Å². The summed E-state index contributed by atoms with van der Waals surface area (Å²) in [6, 6.07) is 15.6. The van der Waals surface area contributed by atoms with Crippen LogP contribution in [-0.2, 0) is 11.8 Å². The van der Waals surface area contributed by atoms with Gasteiger partial charge in [-0.2, -0.15) is 0 Å². The largest absolute Gasteiger partial charge is 0.363 e. The van der Waals surface area contributed by atoms with Gasteiger partial charge in [-0.25, -0.2) is 4.98 Å². The molecule has 1 aromatic carbocycles. The van der Waals surface area contributed by atoms with E-state index in [1.165, 1.54) is 0 Å². The molecular weight excluding hydrogens is 388 g/mol. The zero-order valence-corrected chi connectivity index (χ0v) is 17.0. The molecule has 1 unspecified atom stereocenters. The Morgan fingerprint density at radius 2 is 1.83 bits per heavy atom. The van der Waals surface area contributed by atoms with Crippen molar-refractivity contribution >= 4 is 18.4 Å². The van der Waals surface area contributed by atoms with E-state index in [0.717, 1.165) is 30.5 Å². The van der Waals surface area contributed by atoms with Crippen molar-refractivity contribution in [3.05, 3.63) is 76.8 Å². The summed E-state index contributed by atoms with van der Waals surface area (Å²) < 4.78 is 8.08. The van der Waals surface area contributed by atoms with E-state index < -0.39 is 0 Å². The molecule has 2 fully saturated rings. The Morgan fingerprint density at radius 1 is 1.10 bits per heavy atom. The maximum Gasteiger partial charge on any atom is 0.255 e. The summed E-state index contributed by atoms with van der Waals surface area (Å²) in [5, 5.41) is 0. The Balaban J connectivity index is 0.00000205. The van der Waals surface area contributed by atoms with E-state index in [1.807, 2.05) is 30.3 Å². The number of ether oxygens (including phenoxy) is 1. The lowest BCUT2D eigenvalue weighted by Crippen LogP contribution is -2.47. The smallest absolute Gasteiger partial charge is 0.255 e. The van der Waals surface area contributed by atoms with E-state index in [4.69, 9.17) is 9.72 Å². The monoisotopic (exact) mass is 410 g/mol. The molecule has 2 aromatic heterocycles. The highest BCUT2D eigenvalue weighted by atomic mass is 35.5. The van der Waals surface area contributed by atoms with Crippen molar-refractivity contribution in [1.29, 1.82) is 0 Å². The molecular formula is C22H23ClN4O2. The Labute approximate surface area is 175 Å². The van der Waals surface area contributed by atoms with E-state index in [1.54, 1.807) is 30.1 Å². The molecule has 1 atom stereocenters. The molecule has 29 heavy (non-hydrogen) atoms. The van der Waals surface area contributed by atoms with Gasteiger partial charge in [0.2, 0.25) is 5.95 Å². The number of halogens is 1. The molecule has 0 N–H and O–H groups in total. The van der Waals surface area contributed by atoms with Gasteiger partial charge in [-0.05, 0) is 30.5 Å². The minimum Gasteiger partial charge on any atom is -0.363 e. The van der Waals surface area contributed by atoms with Gasteiger partial charge in [-0.3, -0.25) is 14.3 Å². The summed E-state index contributed by atoms with van der Waals surface area (Å²) in [6.45, 7) is 1.43. The Morgan fingerprint density at radius 3 is 2.52 bits per heavy atom. The van der Waals surface area contributed by atoms with Crippen molar-refractivity contribution in [2.45, 2.75) is 24.5 Å². The fraction of sp³-hybridized carbons (Fsp3) is 0.318. The molecule has 5 rings (SSSR count). The van der Waals surface area contributed by atoms with Crippen LogP contribution in [-0.4, -0.2) is 33.2 Å². The SMILES string of the molecule is Cl.Cn1c(N2CC(c3ccccc3)OC3(CC3)C2)nc(-c2ccncc2)cc1=O. The van der Waals surface area contributed by atoms with Crippen molar-refractivity contribution in [2.24, 2.45) is 7.05 Å². The highest BCUT2D eigenvalue weighted by molar-refractivity contribution is 5.85. The van der Waals surface area contributed by atoms with Crippen LogP contribution in [0.1, 0.15) is 24.5 Å². The van der Waals surface area contributed by atoms with Gasteiger partial charge in [0.15, 0.2) is 0 Å². The summed E-state index contributed by atoms with van der Waals surface area (Å²) >= 11 is 0. The number of rotatable bonds is 3. The standard InChI is InChI=1S/C22H22N4O2.ClH/c1-25-20(27)13-18(16-7-11-23-12-8-16)24-21(25)26-14-19(17-5-3-2-4-6-17)28-22(15-26)9-10-22;/h2-8,11-13,19H,9-10,14-15H2,1H3;1H. The molecule has 0 amide bonds. The van der Waals surface area contributed by atoms with Crippen LogP contribution in [0.5, 0.6) is 0 Å². The van der Waals surface area contributed by atoms with Gasteiger partial charge in [0, 0.05) is 37.6 Å². The fourth-order valence-electron chi connectivity index (χ4n) is 3.88. The van der Waals surface area contributed by atoms with Gasteiger partial charge >= 0.3 is 0 Å². The van der Waals surface area contributed by atoms with Gasteiger partial charge in [0.1, 0.15) is 6.10 Å². The molecule has 1 saturated heterocycles. The van der Waals surface area contributed by atoms with E-state index in [-0.39, 0.29) is 29.7 Å². The van der Waals surface area contributed by atoms with Crippen LogP contribution in [0.2, 0.25) is 0 Å². The number of benzene rings is 1. The number of hydrogen-bond acceptors (Lipinski definition) is 5. The summed E-state index contributed by atoms with van der Waals surface area (Å²) in [4.78, 5) is 23.8. The Kier molecular flexibility index (Phi) is 5.15. The van der Waals surface area contributed by atoms with E-state index in [2.05, 4.69) is 22.0 Å². The van der Waals surface area contributed by atoms with Crippen LogP contribution >= 0.6 is 12.4 Å². The van der Waals surface area contributed by atoms with Crippen LogP contribution in [0.4, 0.5) is 5.95 Å². The number of nitrogens with zero attached hydrogens (tertiary/aromatic N) is 4. The van der Waals surface area contributed by atoms with Crippen LogP contribution in [0, 0.1) is 0 Å². The van der Waals surface area contributed by atoms with Gasteiger partial charge in [-0.15, -0.1) is 12.4 Å². The molecule has 1 spiro atoms. The normalized spacial score (nSPS) is 19.6. The quantitative estimate of drug-likeness (QED) is 0.662. The number of anilines is 1. The maximum atomic E-state index is 12.7. The summed E-state index contributed by atoms with van der Waals surface area (Å²) in [5.41, 5.74) is 2.54. The van der Waals surface area contributed by atoms with Crippen LogP contribution in [0.25, 0.3) is 11.3 Å². The first-order valence-corrected chi connectivity index (χ1v) is 9.60. The second-order valence-corrected chi connectivity index (χ2v) is 7.66. The van der Waals surface area contributed by atoms with Crippen molar-refractivity contribution in [1.82, 2.24) is 14.5 Å². The molecule has 2 aliphatic rings. The molecule has 150 valence electrons. The van der Waals surface area contributed by atoms with Crippen molar-refractivity contribution in [2.75, 3.05) is 18.0 Å². The van der Waals surface area contributed by atoms with E-state index >= 15 is 0 Å². The average Bonchev–Trinajstić information content (AvgIpc) is 3.48. The fourth-order valence-corrected chi connectivity index (χ4v) is 3.88. The predicted molar refractivity (Wildman–Crippen MR) is 114 cm³/mol. The van der Waals surface area contributed by atoms with Crippen molar-refractivity contribution in [3.63, 3.8) is 0 Å². The second-order valence-electron chi connectivity index (χ2n) is 7.66. The van der Waals surface area contributed by atoms with Crippen LogP contribution in [0.15, 0.2) is 65.7 Å². The van der Waals surface area contributed by atoms with Crippen LogP contribution in [0.3, 0.4) is 0 Å². The van der Waals surface area contributed by atoms with Crippen molar-refractivity contribution in [3.8, 4) is 11.3 Å². The lowest BCUT2D eigenvalue weighted by atomic mass is 10.1.